The average molecular weight is 459 g/mol. The molecule has 158 valence electrons. The summed E-state index contributed by atoms with van der Waals surface area (Å²) >= 11 is 5.71. The molecule has 0 atom stereocenters. The first kappa shape index (κ1) is 22.0. The Morgan fingerprint density at radius 2 is 1.90 bits per heavy atom. The Kier molecular flexibility index (Phi) is 6.01. The molecule has 0 bridgehead atoms. The molecule has 0 spiro atoms. The number of aromatic nitrogens is 1. The van der Waals surface area contributed by atoms with Gasteiger partial charge in [-0.15, -0.1) is 12.4 Å². The summed E-state index contributed by atoms with van der Waals surface area (Å²) in [6.07, 6.45) is 2.52. The van der Waals surface area contributed by atoms with Gasteiger partial charge in [-0.05, 0) is 37.1 Å². The number of anilines is 1. The largest absolute Gasteiger partial charge is 0.477 e. The van der Waals surface area contributed by atoms with Crippen molar-refractivity contribution in [2.75, 3.05) is 5.32 Å². The molecule has 5 nitrogen and oxygen atoms in total. The van der Waals surface area contributed by atoms with Crippen molar-refractivity contribution >= 4 is 46.6 Å². The van der Waals surface area contributed by atoms with Crippen molar-refractivity contribution in [3.05, 3.63) is 74.3 Å². The van der Waals surface area contributed by atoms with Crippen LogP contribution in [0.4, 0.5) is 18.9 Å². The molecule has 1 aliphatic carbocycles. The van der Waals surface area contributed by atoms with E-state index in [1.807, 2.05) is 0 Å². The maximum atomic E-state index is 15.3. The van der Waals surface area contributed by atoms with Crippen LogP contribution in [0.1, 0.15) is 34.8 Å². The van der Waals surface area contributed by atoms with Crippen molar-refractivity contribution in [1.82, 2.24) is 4.57 Å². The van der Waals surface area contributed by atoms with Crippen molar-refractivity contribution in [2.45, 2.75) is 25.4 Å². The van der Waals surface area contributed by atoms with Crippen LogP contribution in [0, 0.1) is 17.5 Å². The predicted octanol–water partition coefficient (Wildman–Crippen LogP) is 5.14. The zero-order chi connectivity index (χ0) is 20.9. The lowest BCUT2D eigenvalue weighted by atomic mass is 10.1. The van der Waals surface area contributed by atoms with Gasteiger partial charge in [0, 0.05) is 30.0 Å². The number of aromatic carboxylic acids is 1. The van der Waals surface area contributed by atoms with Gasteiger partial charge in [0.2, 0.25) is 5.43 Å². The van der Waals surface area contributed by atoms with Crippen molar-refractivity contribution in [2.24, 2.45) is 0 Å². The number of rotatable bonds is 5. The van der Waals surface area contributed by atoms with Gasteiger partial charge in [-0.3, -0.25) is 4.79 Å². The van der Waals surface area contributed by atoms with Crippen LogP contribution in [0.25, 0.3) is 10.9 Å². The van der Waals surface area contributed by atoms with Crippen LogP contribution in [0.5, 0.6) is 0 Å². The maximum absolute atomic E-state index is 15.3. The molecule has 1 aliphatic rings. The molecular weight excluding hydrogens is 444 g/mol. The number of halogens is 5. The third-order valence-electron chi connectivity index (χ3n) is 4.86. The Bertz CT molecular complexity index is 1230. The number of nitrogens with zero attached hydrogens (tertiary/aromatic N) is 1. The summed E-state index contributed by atoms with van der Waals surface area (Å²) in [4.78, 5) is 23.8. The van der Waals surface area contributed by atoms with Gasteiger partial charge in [0.05, 0.1) is 15.9 Å². The van der Waals surface area contributed by atoms with Crippen molar-refractivity contribution in [3.8, 4) is 0 Å². The van der Waals surface area contributed by atoms with E-state index in [1.165, 1.54) is 16.7 Å². The van der Waals surface area contributed by atoms with E-state index in [4.69, 9.17) is 11.6 Å². The minimum absolute atomic E-state index is 0. The summed E-state index contributed by atoms with van der Waals surface area (Å²) in [5, 5.41) is 11.6. The number of hydrogen-bond acceptors (Lipinski definition) is 3. The van der Waals surface area contributed by atoms with E-state index in [9.17, 15) is 23.5 Å². The second-order valence-corrected chi connectivity index (χ2v) is 7.25. The SMILES string of the molecule is Cl.O=C(O)c1cn(C2CC2)c2c(F)c(CNc3ccc(F)c(Cl)c3)c(F)cc2c1=O. The number of carbonyl (C=O) groups is 1. The van der Waals surface area contributed by atoms with Crippen LogP contribution >= 0.6 is 24.0 Å². The molecule has 10 heteroatoms. The molecule has 1 aromatic heterocycles. The number of nitrogens with one attached hydrogen (secondary N) is 1. The van der Waals surface area contributed by atoms with Gasteiger partial charge in [0.25, 0.3) is 0 Å². The molecule has 0 aliphatic heterocycles. The van der Waals surface area contributed by atoms with Crippen LogP contribution in [0.3, 0.4) is 0 Å². The van der Waals surface area contributed by atoms with Crippen molar-refractivity contribution < 1.29 is 23.1 Å². The lowest BCUT2D eigenvalue weighted by Gasteiger charge is -2.16. The normalized spacial score (nSPS) is 13.2. The zero-order valence-corrected chi connectivity index (χ0v) is 16.8. The monoisotopic (exact) mass is 458 g/mol. The van der Waals surface area contributed by atoms with E-state index in [0.29, 0.717) is 18.5 Å². The van der Waals surface area contributed by atoms with Gasteiger partial charge in [-0.2, -0.15) is 0 Å². The molecule has 0 unspecified atom stereocenters. The lowest BCUT2D eigenvalue weighted by Crippen LogP contribution is -2.20. The molecule has 30 heavy (non-hydrogen) atoms. The smallest absolute Gasteiger partial charge is 0.341 e. The van der Waals surface area contributed by atoms with Crippen LogP contribution in [0.15, 0.2) is 35.3 Å². The summed E-state index contributed by atoms with van der Waals surface area (Å²) in [6.45, 7) is -0.283. The standard InChI is InChI=1S/C20H14ClF3N2O3.ClH/c21-14-5-9(1-4-15(14)22)25-7-12-16(23)6-11-18(17(12)24)26(10-2-3-10)8-13(19(11)27)20(28)29;/h1,4-6,8,10,25H,2-3,7H2,(H,28,29);1H. The van der Waals surface area contributed by atoms with E-state index in [-0.39, 0.29) is 46.5 Å². The quantitative estimate of drug-likeness (QED) is 0.555. The number of carboxylic acid groups (broad SMARTS) is 1. The van der Waals surface area contributed by atoms with Crippen molar-refractivity contribution in [3.63, 3.8) is 0 Å². The minimum Gasteiger partial charge on any atom is -0.477 e. The predicted molar refractivity (Wildman–Crippen MR) is 109 cm³/mol. The van der Waals surface area contributed by atoms with E-state index in [0.717, 1.165) is 18.3 Å². The topological polar surface area (TPSA) is 71.3 Å². The Labute approximate surface area is 179 Å². The van der Waals surface area contributed by atoms with Gasteiger partial charge in [-0.1, -0.05) is 11.6 Å². The van der Waals surface area contributed by atoms with E-state index >= 15 is 4.39 Å². The van der Waals surface area contributed by atoms with E-state index in [1.54, 1.807) is 0 Å². The van der Waals surface area contributed by atoms with E-state index in [2.05, 4.69) is 5.32 Å². The Morgan fingerprint density at radius 3 is 2.50 bits per heavy atom. The van der Waals surface area contributed by atoms with Gasteiger partial charge in [0.15, 0.2) is 5.82 Å². The van der Waals surface area contributed by atoms with Crippen LogP contribution in [-0.4, -0.2) is 15.6 Å². The summed E-state index contributed by atoms with van der Waals surface area (Å²) in [6, 6.07) is 4.49. The molecule has 2 aromatic carbocycles. The summed E-state index contributed by atoms with van der Waals surface area (Å²) in [5.41, 5.74) is -1.56. The third-order valence-corrected chi connectivity index (χ3v) is 5.15. The number of carboxylic acids is 1. The molecule has 0 saturated heterocycles. The highest BCUT2D eigenvalue weighted by Crippen LogP contribution is 2.38. The highest BCUT2D eigenvalue weighted by atomic mass is 35.5. The number of benzene rings is 2. The maximum Gasteiger partial charge on any atom is 0.341 e. The Morgan fingerprint density at radius 1 is 1.20 bits per heavy atom. The minimum atomic E-state index is -1.45. The first-order valence-corrected chi connectivity index (χ1v) is 9.13. The van der Waals surface area contributed by atoms with Gasteiger partial charge >= 0.3 is 5.97 Å². The fourth-order valence-corrected chi connectivity index (χ4v) is 3.41. The van der Waals surface area contributed by atoms with Gasteiger partial charge in [-0.25, -0.2) is 18.0 Å². The molecule has 1 saturated carbocycles. The molecule has 3 aromatic rings. The van der Waals surface area contributed by atoms with Gasteiger partial charge in [0.1, 0.15) is 17.2 Å². The fourth-order valence-electron chi connectivity index (χ4n) is 3.23. The Hall–Kier alpha value is -2.71. The number of pyridine rings is 1. The van der Waals surface area contributed by atoms with Crippen LogP contribution < -0.4 is 10.7 Å². The molecule has 2 N–H and O–H groups in total. The summed E-state index contributed by atoms with van der Waals surface area (Å²) in [7, 11) is 0. The highest BCUT2D eigenvalue weighted by molar-refractivity contribution is 6.31. The van der Waals surface area contributed by atoms with Crippen molar-refractivity contribution in [1.29, 1.82) is 0 Å². The zero-order valence-electron chi connectivity index (χ0n) is 15.2. The molecule has 0 radical (unpaired) electrons. The number of fused-ring (bicyclic) bond motifs is 1. The second-order valence-electron chi connectivity index (χ2n) is 6.85. The molecule has 4 rings (SSSR count). The molecule has 0 amide bonds. The molecule has 1 fully saturated rings. The fraction of sp³-hybridized carbons (Fsp3) is 0.200. The molecule has 1 heterocycles. The van der Waals surface area contributed by atoms with Crippen LogP contribution in [-0.2, 0) is 6.54 Å². The number of hydrogen-bond donors (Lipinski definition) is 2. The van der Waals surface area contributed by atoms with E-state index < -0.39 is 34.4 Å². The first-order valence-electron chi connectivity index (χ1n) is 8.76. The summed E-state index contributed by atoms with van der Waals surface area (Å²) in [5.74, 6) is -4.01. The first-order chi connectivity index (χ1) is 13.8. The molecular formula is C20H15Cl2F3N2O3. The summed E-state index contributed by atoms with van der Waals surface area (Å²) < 4.78 is 44.6. The highest BCUT2D eigenvalue weighted by Gasteiger charge is 2.29. The second kappa shape index (κ2) is 8.20. The third kappa shape index (κ3) is 3.85. The lowest BCUT2D eigenvalue weighted by molar-refractivity contribution is 0.0694. The average Bonchev–Trinajstić information content (AvgIpc) is 3.50. The Balaban J connectivity index is 0.00000256. The van der Waals surface area contributed by atoms with Crippen LogP contribution in [0.2, 0.25) is 5.02 Å². The van der Waals surface area contributed by atoms with Gasteiger partial charge < -0.3 is 15.0 Å².